The predicted molar refractivity (Wildman–Crippen MR) is 82.9 cm³/mol. The van der Waals surface area contributed by atoms with Crippen molar-refractivity contribution in [2.75, 3.05) is 12.3 Å². The second kappa shape index (κ2) is 7.81. The van der Waals surface area contributed by atoms with E-state index in [1.54, 1.807) is 0 Å². The average molecular weight is 298 g/mol. The van der Waals surface area contributed by atoms with E-state index < -0.39 is 0 Å². The maximum atomic E-state index is 11.8. The minimum Gasteiger partial charge on any atom is -0.355 e. The number of nitrogens with one attached hydrogen (secondary N) is 1. The van der Waals surface area contributed by atoms with Gasteiger partial charge in [0.05, 0.1) is 6.42 Å². The first-order chi connectivity index (χ1) is 9.25. The molecule has 0 aliphatic heterocycles. The molecule has 0 aromatic heterocycles. The van der Waals surface area contributed by atoms with Crippen molar-refractivity contribution >= 4 is 29.3 Å². The predicted octanol–water partition coefficient (Wildman–Crippen LogP) is 3.67. The lowest BCUT2D eigenvalue weighted by atomic mass is 10.1. The van der Waals surface area contributed by atoms with E-state index in [0.29, 0.717) is 11.4 Å². The van der Waals surface area contributed by atoms with Crippen LogP contribution in [0.15, 0.2) is 24.3 Å². The van der Waals surface area contributed by atoms with Crippen LogP contribution in [0.5, 0.6) is 0 Å². The molecule has 1 aromatic carbocycles. The number of rotatable bonds is 6. The number of carbonyl (C=O) groups is 1. The highest BCUT2D eigenvalue weighted by atomic mass is 35.5. The van der Waals surface area contributed by atoms with Gasteiger partial charge < -0.3 is 5.32 Å². The van der Waals surface area contributed by atoms with Gasteiger partial charge >= 0.3 is 0 Å². The highest BCUT2D eigenvalue weighted by Gasteiger charge is 2.14. The highest BCUT2D eigenvalue weighted by molar-refractivity contribution is 7.99. The standard InChI is InChI=1S/C15H20ClNOS/c16-14-8-4-1-5-12(14)11-15(18)17-9-10-19-13-6-2-3-7-13/h1,4-5,8,13H,2-3,6-7,9-11H2,(H,17,18). The monoisotopic (exact) mass is 297 g/mol. The SMILES string of the molecule is O=C(Cc1ccccc1Cl)NCCSC1CCCC1. The second-order valence-electron chi connectivity index (χ2n) is 4.90. The molecule has 0 unspecified atom stereocenters. The van der Waals surface area contributed by atoms with Crippen molar-refractivity contribution in [2.24, 2.45) is 0 Å². The Labute approximate surface area is 124 Å². The Hall–Kier alpha value is -0.670. The first-order valence-electron chi connectivity index (χ1n) is 6.87. The number of carbonyl (C=O) groups excluding carboxylic acids is 1. The molecule has 0 spiro atoms. The molecule has 2 nitrogen and oxygen atoms in total. The van der Waals surface area contributed by atoms with Gasteiger partial charge in [-0.25, -0.2) is 0 Å². The summed E-state index contributed by atoms with van der Waals surface area (Å²) in [5.41, 5.74) is 0.894. The van der Waals surface area contributed by atoms with E-state index in [-0.39, 0.29) is 5.91 Å². The third-order valence-electron chi connectivity index (χ3n) is 3.39. The lowest BCUT2D eigenvalue weighted by Crippen LogP contribution is -2.27. The van der Waals surface area contributed by atoms with Gasteiger partial charge in [-0.2, -0.15) is 11.8 Å². The Balaban J connectivity index is 1.63. The molecule has 1 aliphatic rings. The lowest BCUT2D eigenvalue weighted by Gasteiger charge is -2.09. The molecule has 1 amide bonds. The smallest absolute Gasteiger partial charge is 0.224 e. The normalized spacial score (nSPS) is 15.6. The number of hydrogen-bond acceptors (Lipinski definition) is 2. The van der Waals surface area contributed by atoms with Crippen molar-refractivity contribution in [1.29, 1.82) is 0 Å². The first-order valence-corrected chi connectivity index (χ1v) is 8.30. The van der Waals surface area contributed by atoms with E-state index in [4.69, 9.17) is 11.6 Å². The molecule has 104 valence electrons. The van der Waals surface area contributed by atoms with E-state index in [2.05, 4.69) is 5.32 Å². The molecule has 1 aromatic rings. The second-order valence-corrected chi connectivity index (χ2v) is 6.71. The Morgan fingerprint density at radius 1 is 1.32 bits per heavy atom. The Kier molecular flexibility index (Phi) is 6.05. The molecule has 2 rings (SSSR count). The molecule has 1 aliphatic carbocycles. The number of hydrogen-bond donors (Lipinski definition) is 1. The fourth-order valence-corrected chi connectivity index (χ4v) is 3.77. The van der Waals surface area contributed by atoms with Crippen molar-refractivity contribution in [3.63, 3.8) is 0 Å². The maximum absolute atomic E-state index is 11.8. The molecule has 0 heterocycles. The van der Waals surface area contributed by atoms with Gasteiger partial charge in [0.2, 0.25) is 5.91 Å². The Bertz CT molecular complexity index is 418. The van der Waals surface area contributed by atoms with Gasteiger partial charge in [0, 0.05) is 22.6 Å². The third kappa shape index (κ3) is 5.07. The summed E-state index contributed by atoms with van der Waals surface area (Å²) < 4.78 is 0. The number of amides is 1. The van der Waals surface area contributed by atoms with Crippen LogP contribution in [0.1, 0.15) is 31.2 Å². The summed E-state index contributed by atoms with van der Waals surface area (Å²) in [6.45, 7) is 0.754. The largest absolute Gasteiger partial charge is 0.355 e. The fourth-order valence-electron chi connectivity index (χ4n) is 2.35. The van der Waals surface area contributed by atoms with Gasteiger partial charge in [0.15, 0.2) is 0 Å². The lowest BCUT2D eigenvalue weighted by molar-refractivity contribution is -0.120. The van der Waals surface area contributed by atoms with E-state index in [9.17, 15) is 4.79 Å². The number of halogens is 1. The van der Waals surface area contributed by atoms with Crippen LogP contribution in [0, 0.1) is 0 Å². The minimum atomic E-state index is 0.0557. The van der Waals surface area contributed by atoms with Crippen LogP contribution >= 0.6 is 23.4 Å². The van der Waals surface area contributed by atoms with Gasteiger partial charge in [-0.15, -0.1) is 0 Å². The van der Waals surface area contributed by atoms with Crippen molar-refractivity contribution in [2.45, 2.75) is 37.4 Å². The quantitative estimate of drug-likeness (QED) is 0.812. The van der Waals surface area contributed by atoms with E-state index in [1.807, 2.05) is 36.0 Å². The molecule has 1 fully saturated rings. The van der Waals surface area contributed by atoms with Gasteiger partial charge in [-0.05, 0) is 24.5 Å². The summed E-state index contributed by atoms with van der Waals surface area (Å²) in [4.78, 5) is 11.8. The molecule has 0 atom stereocenters. The highest BCUT2D eigenvalue weighted by Crippen LogP contribution is 2.28. The van der Waals surface area contributed by atoms with E-state index in [1.165, 1.54) is 25.7 Å². The van der Waals surface area contributed by atoms with E-state index >= 15 is 0 Å². The Morgan fingerprint density at radius 2 is 2.05 bits per heavy atom. The van der Waals surface area contributed by atoms with Crippen molar-refractivity contribution in [1.82, 2.24) is 5.32 Å². The summed E-state index contributed by atoms with van der Waals surface area (Å²) in [7, 11) is 0. The molecule has 0 saturated heterocycles. The number of benzene rings is 1. The summed E-state index contributed by atoms with van der Waals surface area (Å²) in [5, 5.41) is 4.45. The molecule has 0 bridgehead atoms. The van der Waals surface area contributed by atoms with Gasteiger partial charge in [0.25, 0.3) is 0 Å². The zero-order chi connectivity index (χ0) is 13.5. The van der Waals surface area contributed by atoms with Crippen LogP contribution in [0.3, 0.4) is 0 Å². The van der Waals surface area contributed by atoms with Gasteiger partial charge in [-0.1, -0.05) is 42.6 Å². The molecule has 19 heavy (non-hydrogen) atoms. The molecule has 0 radical (unpaired) electrons. The van der Waals surface area contributed by atoms with Crippen LogP contribution in [0.25, 0.3) is 0 Å². The van der Waals surface area contributed by atoms with Crippen molar-refractivity contribution < 1.29 is 4.79 Å². The number of thioether (sulfide) groups is 1. The molecule has 1 N–H and O–H groups in total. The average Bonchev–Trinajstić information content (AvgIpc) is 2.91. The minimum absolute atomic E-state index is 0.0557. The van der Waals surface area contributed by atoms with Crippen molar-refractivity contribution in [3.05, 3.63) is 34.9 Å². The zero-order valence-corrected chi connectivity index (χ0v) is 12.6. The van der Waals surface area contributed by atoms with Gasteiger partial charge in [0.1, 0.15) is 0 Å². The molecular weight excluding hydrogens is 278 g/mol. The van der Waals surface area contributed by atoms with E-state index in [0.717, 1.165) is 23.1 Å². The third-order valence-corrected chi connectivity index (χ3v) is 5.14. The van der Waals surface area contributed by atoms with Gasteiger partial charge in [-0.3, -0.25) is 4.79 Å². The summed E-state index contributed by atoms with van der Waals surface area (Å²) in [6.07, 6.45) is 5.80. The zero-order valence-electron chi connectivity index (χ0n) is 11.0. The maximum Gasteiger partial charge on any atom is 0.224 e. The van der Waals surface area contributed by atoms with Crippen LogP contribution < -0.4 is 5.32 Å². The molecule has 1 saturated carbocycles. The Morgan fingerprint density at radius 3 is 2.79 bits per heavy atom. The topological polar surface area (TPSA) is 29.1 Å². The first kappa shape index (κ1) is 14.7. The van der Waals surface area contributed by atoms with Crippen LogP contribution in [0.4, 0.5) is 0 Å². The summed E-state index contributed by atoms with van der Waals surface area (Å²) in [6, 6.07) is 7.50. The fraction of sp³-hybridized carbons (Fsp3) is 0.533. The van der Waals surface area contributed by atoms with Crippen LogP contribution in [-0.2, 0) is 11.2 Å². The van der Waals surface area contributed by atoms with Crippen LogP contribution in [0.2, 0.25) is 5.02 Å². The van der Waals surface area contributed by atoms with Crippen molar-refractivity contribution in [3.8, 4) is 0 Å². The summed E-state index contributed by atoms with van der Waals surface area (Å²) >= 11 is 8.03. The van der Waals surface area contributed by atoms with Crippen LogP contribution in [-0.4, -0.2) is 23.5 Å². The molecular formula is C15H20ClNOS. The molecule has 4 heteroatoms. The summed E-state index contributed by atoms with van der Waals surface area (Å²) in [5.74, 6) is 1.07.